The standard InChI is InChI=1S/C13H18N2O2S/c1-2-3-8-15(10-12(14)16)13(17)7-6-11-5-4-9-18-11/h4-7,9H,2-3,8,10H2,1H3,(H2,14,16)/b7-6+. The van der Waals surface area contributed by atoms with Crippen LogP contribution in [0.5, 0.6) is 0 Å². The number of amides is 2. The molecule has 0 saturated carbocycles. The average Bonchev–Trinajstić information content (AvgIpc) is 2.84. The summed E-state index contributed by atoms with van der Waals surface area (Å²) in [6.07, 6.45) is 5.08. The molecule has 18 heavy (non-hydrogen) atoms. The molecule has 0 fully saturated rings. The van der Waals surface area contributed by atoms with Crippen molar-refractivity contribution in [2.45, 2.75) is 19.8 Å². The number of nitrogens with zero attached hydrogens (tertiary/aromatic N) is 1. The van der Waals surface area contributed by atoms with Gasteiger partial charge in [-0.2, -0.15) is 0 Å². The number of hydrogen-bond donors (Lipinski definition) is 1. The third kappa shape index (κ3) is 5.14. The van der Waals surface area contributed by atoms with Crippen molar-refractivity contribution in [3.63, 3.8) is 0 Å². The topological polar surface area (TPSA) is 63.4 Å². The number of primary amides is 1. The second-order valence-corrected chi connectivity index (χ2v) is 4.91. The lowest BCUT2D eigenvalue weighted by atomic mass is 10.3. The van der Waals surface area contributed by atoms with Crippen LogP contribution in [0.1, 0.15) is 24.6 Å². The molecule has 2 N–H and O–H groups in total. The lowest BCUT2D eigenvalue weighted by Crippen LogP contribution is -2.38. The predicted octanol–water partition coefficient (Wildman–Crippen LogP) is 1.88. The maximum absolute atomic E-state index is 11.9. The molecule has 0 unspecified atom stereocenters. The molecule has 2 amide bonds. The summed E-state index contributed by atoms with van der Waals surface area (Å²) in [5.41, 5.74) is 5.14. The van der Waals surface area contributed by atoms with Gasteiger partial charge < -0.3 is 10.6 Å². The highest BCUT2D eigenvalue weighted by atomic mass is 32.1. The van der Waals surface area contributed by atoms with Gasteiger partial charge in [-0.25, -0.2) is 0 Å². The third-order valence-electron chi connectivity index (χ3n) is 2.37. The SMILES string of the molecule is CCCCN(CC(N)=O)C(=O)/C=C/c1cccs1. The molecule has 0 spiro atoms. The van der Waals surface area contributed by atoms with E-state index in [9.17, 15) is 9.59 Å². The maximum Gasteiger partial charge on any atom is 0.247 e. The Morgan fingerprint density at radius 1 is 1.50 bits per heavy atom. The van der Waals surface area contributed by atoms with Gasteiger partial charge in [0.05, 0.1) is 6.54 Å². The fourth-order valence-electron chi connectivity index (χ4n) is 1.45. The van der Waals surface area contributed by atoms with Crippen LogP contribution in [0.15, 0.2) is 23.6 Å². The van der Waals surface area contributed by atoms with E-state index < -0.39 is 5.91 Å². The van der Waals surface area contributed by atoms with E-state index in [1.165, 1.54) is 11.0 Å². The quantitative estimate of drug-likeness (QED) is 0.766. The van der Waals surface area contributed by atoms with E-state index in [0.717, 1.165) is 17.7 Å². The molecule has 5 heteroatoms. The highest BCUT2D eigenvalue weighted by Crippen LogP contribution is 2.10. The Bertz CT molecular complexity index is 413. The summed E-state index contributed by atoms with van der Waals surface area (Å²) in [5.74, 6) is -0.653. The number of carbonyl (C=O) groups excluding carboxylic acids is 2. The first-order valence-electron chi connectivity index (χ1n) is 5.92. The lowest BCUT2D eigenvalue weighted by Gasteiger charge is -2.18. The molecule has 0 radical (unpaired) electrons. The van der Waals surface area contributed by atoms with Crippen molar-refractivity contribution in [2.24, 2.45) is 5.73 Å². The zero-order valence-corrected chi connectivity index (χ0v) is 11.3. The van der Waals surface area contributed by atoms with Crippen molar-refractivity contribution in [3.05, 3.63) is 28.5 Å². The van der Waals surface area contributed by atoms with E-state index in [1.807, 2.05) is 24.4 Å². The maximum atomic E-state index is 11.9. The van der Waals surface area contributed by atoms with Gasteiger partial charge in [-0.3, -0.25) is 9.59 Å². The van der Waals surface area contributed by atoms with Crippen LogP contribution in [0.25, 0.3) is 6.08 Å². The Balaban J connectivity index is 2.60. The van der Waals surface area contributed by atoms with Gasteiger partial charge in [-0.15, -0.1) is 11.3 Å². The van der Waals surface area contributed by atoms with Gasteiger partial charge in [0.2, 0.25) is 11.8 Å². The number of hydrogen-bond acceptors (Lipinski definition) is 3. The normalized spacial score (nSPS) is 10.7. The summed E-state index contributed by atoms with van der Waals surface area (Å²) in [7, 11) is 0. The Morgan fingerprint density at radius 3 is 2.83 bits per heavy atom. The second-order valence-electron chi connectivity index (χ2n) is 3.93. The number of nitrogens with two attached hydrogens (primary N) is 1. The minimum atomic E-state index is -0.482. The first-order chi connectivity index (χ1) is 8.63. The Morgan fingerprint density at radius 2 is 2.28 bits per heavy atom. The molecule has 1 aromatic rings. The number of thiophene rings is 1. The monoisotopic (exact) mass is 266 g/mol. The average molecular weight is 266 g/mol. The lowest BCUT2D eigenvalue weighted by molar-refractivity contribution is -0.131. The zero-order chi connectivity index (χ0) is 13.4. The molecule has 1 heterocycles. The second kappa shape index (κ2) is 7.66. The van der Waals surface area contributed by atoms with Gasteiger partial charge >= 0.3 is 0 Å². The van der Waals surface area contributed by atoms with Crippen molar-refractivity contribution in [1.82, 2.24) is 4.90 Å². The molecule has 0 aromatic carbocycles. The van der Waals surface area contributed by atoms with Crippen LogP contribution in [0.4, 0.5) is 0 Å². The van der Waals surface area contributed by atoms with Crippen molar-refractivity contribution in [3.8, 4) is 0 Å². The molecule has 1 rings (SSSR count). The zero-order valence-electron chi connectivity index (χ0n) is 10.5. The third-order valence-corrected chi connectivity index (χ3v) is 3.21. The number of rotatable bonds is 7. The fraction of sp³-hybridized carbons (Fsp3) is 0.385. The van der Waals surface area contributed by atoms with Crippen LogP contribution < -0.4 is 5.73 Å². The summed E-state index contributed by atoms with van der Waals surface area (Å²) in [6, 6.07) is 3.85. The van der Waals surface area contributed by atoms with Crippen molar-refractivity contribution >= 4 is 29.2 Å². The summed E-state index contributed by atoms with van der Waals surface area (Å²) in [5, 5.41) is 1.95. The predicted molar refractivity (Wildman–Crippen MR) is 74.0 cm³/mol. The highest BCUT2D eigenvalue weighted by Gasteiger charge is 2.12. The molecule has 4 nitrogen and oxygen atoms in total. The molecule has 0 aliphatic rings. The molecule has 0 bridgehead atoms. The van der Waals surface area contributed by atoms with Crippen molar-refractivity contribution < 1.29 is 9.59 Å². The van der Waals surface area contributed by atoms with Gasteiger partial charge in [-0.1, -0.05) is 19.4 Å². The van der Waals surface area contributed by atoms with E-state index in [1.54, 1.807) is 17.4 Å². The molecule has 0 atom stereocenters. The molecule has 0 aliphatic carbocycles. The Labute approximate surface area is 111 Å². The molecule has 1 aromatic heterocycles. The van der Waals surface area contributed by atoms with Crippen LogP contribution in [0.3, 0.4) is 0 Å². The van der Waals surface area contributed by atoms with Gasteiger partial charge in [0.25, 0.3) is 0 Å². The summed E-state index contributed by atoms with van der Waals surface area (Å²) < 4.78 is 0. The summed E-state index contributed by atoms with van der Waals surface area (Å²) in [4.78, 5) is 25.3. The largest absolute Gasteiger partial charge is 0.368 e. The molecule has 98 valence electrons. The van der Waals surface area contributed by atoms with E-state index in [-0.39, 0.29) is 12.5 Å². The van der Waals surface area contributed by atoms with Crippen LogP contribution in [-0.2, 0) is 9.59 Å². The van der Waals surface area contributed by atoms with E-state index in [4.69, 9.17) is 5.73 Å². The molecule has 0 aliphatic heterocycles. The van der Waals surface area contributed by atoms with Crippen LogP contribution in [-0.4, -0.2) is 29.8 Å². The van der Waals surface area contributed by atoms with Crippen molar-refractivity contribution in [1.29, 1.82) is 0 Å². The van der Waals surface area contributed by atoms with Gasteiger partial charge in [0.1, 0.15) is 0 Å². The van der Waals surface area contributed by atoms with Crippen molar-refractivity contribution in [2.75, 3.05) is 13.1 Å². The number of unbranched alkanes of at least 4 members (excludes halogenated alkanes) is 1. The smallest absolute Gasteiger partial charge is 0.247 e. The first kappa shape index (κ1) is 14.4. The van der Waals surface area contributed by atoms with Crippen LogP contribution in [0, 0.1) is 0 Å². The molecular formula is C13H18N2O2S. The Kier molecular flexibility index (Phi) is 6.14. The van der Waals surface area contributed by atoms with Gasteiger partial charge in [-0.05, 0) is 23.9 Å². The molecular weight excluding hydrogens is 248 g/mol. The minimum Gasteiger partial charge on any atom is -0.368 e. The van der Waals surface area contributed by atoms with Gasteiger partial charge in [0, 0.05) is 17.5 Å². The number of carbonyl (C=O) groups is 2. The van der Waals surface area contributed by atoms with Crippen LogP contribution >= 0.6 is 11.3 Å². The fourth-order valence-corrected chi connectivity index (χ4v) is 2.07. The van der Waals surface area contributed by atoms with E-state index in [0.29, 0.717) is 6.54 Å². The van der Waals surface area contributed by atoms with Gasteiger partial charge in [0.15, 0.2) is 0 Å². The summed E-state index contributed by atoms with van der Waals surface area (Å²) >= 11 is 1.56. The van der Waals surface area contributed by atoms with E-state index >= 15 is 0 Å². The summed E-state index contributed by atoms with van der Waals surface area (Å²) in [6.45, 7) is 2.58. The highest BCUT2D eigenvalue weighted by molar-refractivity contribution is 7.10. The van der Waals surface area contributed by atoms with Crippen LogP contribution in [0.2, 0.25) is 0 Å². The molecule has 0 saturated heterocycles. The first-order valence-corrected chi connectivity index (χ1v) is 6.80. The van der Waals surface area contributed by atoms with E-state index in [2.05, 4.69) is 0 Å². The minimum absolute atomic E-state index is 0.0202. The Hall–Kier alpha value is -1.62.